The molecule has 3 aliphatic rings. The molecule has 2 saturated heterocycles. The van der Waals surface area contributed by atoms with Crippen molar-refractivity contribution in [1.29, 1.82) is 0 Å². The second-order valence-corrected chi connectivity index (χ2v) is 8.57. The molecule has 3 aromatic rings. The molecule has 2 unspecified atom stereocenters. The fourth-order valence-electron chi connectivity index (χ4n) is 5.02. The number of nitrogens with zero attached hydrogens (tertiary/aromatic N) is 6. The molecular weight excluding hydrogens is 390 g/mol. The van der Waals surface area contributed by atoms with E-state index < -0.39 is 6.55 Å². The van der Waals surface area contributed by atoms with Crippen LogP contribution < -0.4 is 4.90 Å². The van der Waals surface area contributed by atoms with Gasteiger partial charge in [0.1, 0.15) is 0 Å². The maximum absolute atomic E-state index is 12.9. The van der Waals surface area contributed by atoms with Crippen molar-refractivity contribution < 1.29 is 13.6 Å². The first-order valence-corrected chi connectivity index (χ1v) is 10.5. The minimum atomic E-state index is -2.66. The highest BCUT2D eigenvalue weighted by Crippen LogP contribution is 2.39. The van der Waals surface area contributed by atoms with Crippen LogP contribution in [0.5, 0.6) is 0 Å². The summed E-state index contributed by atoms with van der Waals surface area (Å²) >= 11 is 0. The summed E-state index contributed by atoms with van der Waals surface area (Å²) in [6, 6.07) is 4.51. The summed E-state index contributed by atoms with van der Waals surface area (Å²) in [4.78, 5) is 17.2. The third-order valence-corrected chi connectivity index (χ3v) is 6.63. The molecule has 6 rings (SSSR count). The van der Waals surface area contributed by atoms with E-state index in [9.17, 15) is 13.6 Å². The summed E-state index contributed by atoms with van der Waals surface area (Å²) in [5.74, 6) is 0.609. The number of fused-ring (bicyclic) bond motifs is 3. The molecule has 30 heavy (non-hydrogen) atoms. The number of halogens is 2. The summed E-state index contributed by atoms with van der Waals surface area (Å²) < 4.78 is 28.2. The molecule has 0 spiro atoms. The number of carbonyl (C=O) groups excluding carboxylic acids is 1. The monoisotopic (exact) mass is 412 g/mol. The van der Waals surface area contributed by atoms with Crippen LogP contribution in [0.15, 0.2) is 36.9 Å². The summed E-state index contributed by atoms with van der Waals surface area (Å²) in [5, 5.41) is 8.14. The van der Waals surface area contributed by atoms with Crippen LogP contribution in [0.2, 0.25) is 0 Å². The molecule has 3 fully saturated rings. The SMILES string of the molecule is O=C(C1CC1)N1C2CCC1CN(c1ccnn3cc(-c4cnn(C(F)F)c4)cc13)C2. The lowest BCUT2D eigenvalue weighted by Gasteiger charge is -2.42. The van der Waals surface area contributed by atoms with E-state index in [1.54, 1.807) is 10.7 Å². The average Bonchev–Trinajstić information content (AvgIpc) is 3.19. The largest absolute Gasteiger partial charge is 0.366 e. The molecule has 9 heteroatoms. The first kappa shape index (κ1) is 17.9. The number of alkyl halides is 2. The maximum atomic E-state index is 12.9. The minimum Gasteiger partial charge on any atom is -0.366 e. The van der Waals surface area contributed by atoms with Crippen molar-refractivity contribution in [2.45, 2.75) is 44.3 Å². The molecule has 0 N–H and O–H groups in total. The number of hydrogen-bond acceptors (Lipinski definition) is 4. The molecule has 1 saturated carbocycles. The molecule has 5 heterocycles. The van der Waals surface area contributed by atoms with Gasteiger partial charge in [-0.25, -0.2) is 9.20 Å². The van der Waals surface area contributed by atoms with Crippen molar-refractivity contribution in [1.82, 2.24) is 24.3 Å². The number of hydrogen-bond donors (Lipinski definition) is 0. The van der Waals surface area contributed by atoms with Crippen LogP contribution in [0.4, 0.5) is 14.5 Å². The first-order chi connectivity index (χ1) is 14.6. The summed E-state index contributed by atoms with van der Waals surface area (Å²) in [5.41, 5.74) is 3.42. The van der Waals surface area contributed by atoms with Gasteiger partial charge in [0.05, 0.1) is 17.4 Å². The Hall–Kier alpha value is -2.97. The van der Waals surface area contributed by atoms with Crippen LogP contribution in [0.1, 0.15) is 32.2 Å². The minimum absolute atomic E-state index is 0.259. The van der Waals surface area contributed by atoms with Gasteiger partial charge in [0, 0.05) is 60.8 Å². The van der Waals surface area contributed by atoms with Crippen LogP contribution in [-0.4, -0.2) is 55.4 Å². The van der Waals surface area contributed by atoms with E-state index >= 15 is 0 Å². The van der Waals surface area contributed by atoms with E-state index in [-0.39, 0.29) is 18.0 Å². The van der Waals surface area contributed by atoms with Gasteiger partial charge in [0.2, 0.25) is 5.91 Å². The van der Waals surface area contributed by atoms with Crippen LogP contribution in [0.25, 0.3) is 16.6 Å². The Kier molecular flexibility index (Phi) is 3.88. The van der Waals surface area contributed by atoms with E-state index in [1.807, 2.05) is 18.3 Å². The molecule has 3 aromatic heterocycles. The highest BCUT2D eigenvalue weighted by Gasteiger charge is 2.46. The number of amides is 1. The van der Waals surface area contributed by atoms with Crippen molar-refractivity contribution in [2.24, 2.45) is 5.92 Å². The van der Waals surface area contributed by atoms with Gasteiger partial charge in [0.25, 0.3) is 0 Å². The van der Waals surface area contributed by atoms with Gasteiger partial charge < -0.3 is 9.80 Å². The van der Waals surface area contributed by atoms with E-state index in [1.165, 1.54) is 12.4 Å². The number of piperazine rings is 1. The van der Waals surface area contributed by atoms with Crippen molar-refractivity contribution in [2.75, 3.05) is 18.0 Å². The molecule has 0 aromatic carbocycles. The molecule has 7 nitrogen and oxygen atoms in total. The smallest absolute Gasteiger partial charge is 0.333 e. The first-order valence-electron chi connectivity index (χ1n) is 10.5. The van der Waals surface area contributed by atoms with Gasteiger partial charge in [-0.05, 0) is 37.8 Å². The Labute approximate surface area is 171 Å². The lowest BCUT2D eigenvalue weighted by atomic mass is 10.1. The Morgan fingerprint density at radius 1 is 1.03 bits per heavy atom. The van der Waals surface area contributed by atoms with Crippen molar-refractivity contribution in [3.8, 4) is 11.1 Å². The van der Waals surface area contributed by atoms with Gasteiger partial charge in [-0.3, -0.25) is 4.79 Å². The molecule has 2 bridgehead atoms. The van der Waals surface area contributed by atoms with Crippen LogP contribution in [0, 0.1) is 5.92 Å². The molecule has 1 amide bonds. The predicted octanol–water partition coefficient (Wildman–Crippen LogP) is 3.18. The van der Waals surface area contributed by atoms with Crippen molar-refractivity contribution in [3.05, 3.63) is 36.9 Å². The lowest BCUT2D eigenvalue weighted by Crippen LogP contribution is -2.56. The average molecular weight is 412 g/mol. The molecule has 2 atom stereocenters. The third kappa shape index (κ3) is 2.79. The molecular formula is C21H22F2N6O. The number of aromatic nitrogens is 4. The summed E-state index contributed by atoms with van der Waals surface area (Å²) in [6.45, 7) is -1.02. The normalized spacial score (nSPS) is 23.7. The zero-order chi connectivity index (χ0) is 20.4. The van der Waals surface area contributed by atoms with E-state index in [4.69, 9.17) is 0 Å². The van der Waals surface area contributed by atoms with Crippen LogP contribution in [0.3, 0.4) is 0 Å². The second-order valence-electron chi connectivity index (χ2n) is 8.57. The van der Waals surface area contributed by atoms with Gasteiger partial charge >= 0.3 is 6.55 Å². The Balaban J connectivity index is 1.31. The Bertz CT molecular complexity index is 1110. The van der Waals surface area contributed by atoms with Crippen molar-refractivity contribution >= 4 is 17.1 Å². The Morgan fingerprint density at radius 3 is 2.47 bits per heavy atom. The lowest BCUT2D eigenvalue weighted by molar-refractivity contribution is -0.135. The standard InChI is InChI=1S/C21H22F2N6O/c22-21(23)28-10-15(8-25-28)14-7-19-18(5-6-24-27(19)9-14)26-11-16-3-4-17(12-26)29(16)20(30)13-1-2-13/h5-10,13,16-17,21H,1-4,11-12H2. The van der Waals surface area contributed by atoms with Gasteiger partial charge in [0.15, 0.2) is 0 Å². The summed E-state index contributed by atoms with van der Waals surface area (Å²) in [6.07, 6.45) is 10.6. The zero-order valence-corrected chi connectivity index (χ0v) is 16.4. The van der Waals surface area contributed by atoms with Crippen LogP contribution in [-0.2, 0) is 4.79 Å². The number of anilines is 1. The molecule has 1 aliphatic carbocycles. The molecule has 0 radical (unpaired) electrons. The number of rotatable bonds is 4. The fraction of sp³-hybridized carbons (Fsp3) is 0.476. The van der Waals surface area contributed by atoms with Gasteiger partial charge in [-0.2, -0.15) is 19.0 Å². The van der Waals surface area contributed by atoms with Crippen molar-refractivity contribution in [3.63, 3.8) is 0 Å². The third-order valence-electron chi connectivity index (χ3n) is 6.63. The van der Waals surface area contributed by atoms with Crippen LogP contribution >= 0.6 is 0 Å². The van der Waals surface area contributed by atoms with Gasteiger partial charge in [-0.15, -0.1) is 0 Å². The second kappa shape index (κ2) is 6.52. The molecule has 156 valence electrons. The predicted molar refractivity (Wildman–Crippen MR) is 106 cm³/mol. The molecule has 2 aliphatic heterocycles. The highest BCUT2D eigenvalue weighted by atomic mass is 19.3. The highest BCUT2D eigenvalue weighted by molar-refractivity contribution is 5.83. The summed E-state index contributed by atoms with van der Waals surface area (Å²) in [7, 11) is 0. The maximum Gasteiger partial charge on any atom is 0.333 e. The Morgan fingerprint density at radius 2 is 1.80 bits per heavy atom. The van der Waals surface area contributed by atoms with E-state index in [0.717, 1.165) is 55.5 Å². The quantitative estimate of drug-likeness (QED) is 0.661. The van der Waals surface area contributed by atoms with E-state index in [2.05, 4.69) is 20.0 Å². The topological polar surface area (TPSA) is 58.7 Å². The zero-order valence-electron chi connectivity index (χ0n) is 16.4. The fourth-order valence-corrected chi connectivity index (χ4v) is 5.02. The van der Waals surface area contributed by atoms with Gasteiger partial charge in [-0.1, -0.05) is 0 Å². The number of carbonyl (C=O) groups is 1. The van der Waals surface area contributed by atoms with E-state index in [0.29, 0.717) is 16.2 Å².